The molecule has 0 atom stereocenters. The monoisotopic (exact) mass is 434 g/mol. The number of anilines is 1. The summed E-state index contributed by atoms with van der Waals surface area (Å²) >= 11 is 9.09. The van der Waals surface area contributed by atoms with E-state index in [1.807, 2.05) is 12.1 Å². The number of nitrogens with one attached hydrogen (secondary N) is 1. The van der Waals surface area contributed by atoms with Gasteiger partial charge >= 0.3 is 0 Å². The molecule has 0 radical (unpaired) electrons. The van der Waals surface area contributed by atoms with Gasteiger partial charge in [0.05, 0.1) is 16.8 Å². The molecule has 0 unspecified atom stereocenters. The SMILES string of the molecule is O=C(Nc1ccc(Br)cc1F)C1(c2cc(-c3ccc(Cl)cc3)on2)CC1. The predicted octanol–water partition coefficient (Wildman–Crippen LogP) is 5.57. The summed E-state index contributed by atoms with van der Waals surface area (Å²) < 4.78 is 20.0. The van der Waals surface area contributed by atoms with Crippen molar-refractivity contribution in [2.75, 3.05) is 5.32 Å². The first kappa shape index (κ1) is 17.2. The van der Waals surface area contributed by atoms with E-state index in [9.17, 15) is 9.18 Å². The van der Waals surface area contributed by atoms with Gasteiger partial charge in [-0.25, -0.2) is 4.39 Å². The lowest BCUT2D eigenvalue weighted by molar-refractivity contribution is -0.118. The quantitative estimate of drug-likeness (QED) is 0.583. The summed E-state index contributed by atoms with van der Waals surface area (Å²) in [5.74, 6) is -0.217. The normalized spacial score (nSPS) is 14.9. The Morgan fingerprint density at radius 1 is 1.19 bits per heavy atom. The summed E-state index contributed by atoms with van der Waals surface area (Å²) in [5.41, 5.74) is 0.750. The van der Waals surface area contributed by atoms with Crippen LogP contribution in [-0.4, -0.2) is 11.1 Å². The van der Waals surface area contributed by atoms with Gasteiger partial charge in [-0.2, -0.15) is 0 Å². The van der Waals surface area contributed by atoms with Crippen LogP contribution in [0.25, 0.3) is 11.3 Å². The molecule has 0 spiro atoms. The van der Waals surface area contributed by atoms with Crippen LogP contribution in [0.5, 0.6) is 0 Å². The lowest BCUT2D eigenvalue weighted by Crippen LogP contribution is -2.28. The van der Waals surface area contributed by atoms with Gasteiger partial charge in [-0.05, 0) is 55.3 Å². The number of amides is 1. The van der Waals surface area contributed by atoms with Crippen LogP contribution in [0, 0.1) is 5.82 Å². The van der Waals surface area contributed by atoms with Crippen LogP contribution in [0.15, 0.2) is 57.5 Å². The second kappa shape index (κ2) is 6.52. The minimum Gasteiger partial charge on any atom is -0.356 e. The number of aromatic nitrogens is 1. The van der Waals surface area contributed by atoms with E-state index in [2.05, 4.69) is 26.4 Å². The summed E-state index contributed by atoms with van der Waals surface area (Å²) in [6, 6.07) is 13.4. The maximum atomic E-state index is 14.0. The molecule has 1 aromatic heterocycles. The first-order valence-corrected chi connectivity index (χ1v) is 9.15. The minimum absolute atomic E-state index is 0.144. The smallest absolute Gasteiger partial charge is 0.236 e. The molecule has 1 aliphatic carbocycles. The number of rotatable bonds is 4. The first-order chi connectivity index (χ1) is 12.5. The van der Waals surface area contributed by atoms with E-state index in [4.69, 9.17) is 16.1 Å². The van der Waals surface area contributed by atoms with Gasteiger partial charge in [0, 0.05) is 21.1 Å². The zero-order valence-corrected chi connectivity index (χ0v) is 15.8. The van der Waals surface area contributed by atoms with Crippen LogP contribution in [0.2, 0.25) is 5.02 Å². The Morgan fingerprint density at radius 3 is 2.58 bits per heavy atom. The molecule has 1 saturated carbocycles. The average Bonchev–Trinajstić information content (AvgIpc) is 3.29. The van der Waals surface area contributed by atoms with Crippen molar-refractivity contribution in [1.29, 1.82) is 0 Å². The summed E-state index contributed by atoms with van der Waals surface area (Å²) in [6.07, 6.45) is 1.28. The molecule has 4 nitrogen and oxygen atoms in total. The number of hydrogen-bond donors (Lipinski definition) is 1. The van der Waals surface area contributed by atoms with Gasteiger partial charge in [0.15, 0.2) is 5.76 Å². The van der Waals surface area contributed by atoms with Crippen molar-refractivity contribution in [2.24, 2.45) is 0 Å². The molecule has 0 bridgehead atoms. The van der Waals surface area contributed by atoms with E-state index >= 15 is 0 Å². The van der Waals surface area contributed by atoms with Gasteiger partial charge in [0.2, 0.25) is 5.91 Å². The predicted molar refractivity (Wildman–Crippen MR) is 101 cm³/mol. The van der Waals surface area contributed by atoms with Crippen LogP contribution in [-0.2, 0) is 10.2 Å². The van der Waals surface area contributed by atoms with Crippen LogP contribution in [0.1, 0.15) is 18.5 Å². The van der Waals surface area contributed by atoms with Crippen LogP contribution in [0.4, 0.5) is 10.1 Å². The molecule has 2 aromatic carbocycles. The van der Waals surface area contributed by atoms with Gasteiger partial charge in [-0.15, -0.1) is 0 Å². The second-order valence-corrected chi connectivity index (χ2v) is 7.60. The van der Waals surface area contributed by atoms with Crippen molar-refractivity contribution in [1.82, 2.24) is 5.16 Å². The molecule has 1 aliphatic rings. The van der Waals surface area contributed by atoms with E-state index in [1.54, 1.807) is 24.3 Å². The molecular formula is C19H13BrClFN2O2. The molecule has 0 aliphatic heterocycles. The summed E-state index contributed by atoms with van der Waals surface area (Å²) in [5, 5.41) is 7.37. The van der Waals surface area contributed by atoms with Gasteiger partial charge in [-0.3, -0.25) is 4.79 Å². The Labute approximate surface area is 162 Å². The summed E-state index contributed by atoms with van der Waals surface area (Å²) in [7, 11) is 0. The first-order valence-electron chi connectivity index (χ1n) is 7.98. The molecule has 1 amide bonds. The lowest BCUT2D eigenvalue weighted by Gasteiger charge is -2.13. The number of nitrogens with zero attached hydrogens (tertiary/aromatic N) is 1. The highest BCUT2D eigenvalue weighted by molar-refractivity contribution is 9.10. The third-order valence-electron chi connectivity index (χ3n) is 4.49. The largest absolute Gasteiger partial charge is 0.356 e. The molecule has 1 heterocycles. The van der Waals surface area contributed by atoms with Crippen molar-refractivity contribution in [3.05, 3.63) is 69.5 Å². The number of halogens is 3. The molecule has 132 valence electrons. The van der Waals surface area contributed by atoms with Crippen molar-refractivity contribution in [3.63, 3.8) is 0 Å². The molecule has 0 saturated heterocycles. The van der Waals surface area contributed by atoms with E-state index in [0.29, 0.717) is 33.8 Å². The zero-order chi connectivity index (χ0) is 18.3. The fraction of sp³-hybridized carbons (Fsp3) is 0.158. The van der Waals surface area contributed by atoms with Crippen molar-refractivity contribution in [3.8, 4) is 11.3 Å². The van der Waals surface area contributed by atoms with Gasteiger partial charge < -0.3 is 9.84 Å². The Balaban J connectivity index is 1.57. The Bertz CT molecular complexity index is 983. The topological polar surface area (TPSA) is 55.1 Å². The van der Waals surface area contributed by atoms with Crippen molar-refractivity contribution in [2.45, 2.75) is 18.3 Å². The molecule has 7 heteroatoms. The van der Waals surface area contributed by atoms with Crippen LogP contribution in [0.3, 0.4) is 0 Å². The summed E-state index contributed by atoms with van der Waals surface area (Å²) in [4.78, 5) is 12.7. The number of hydrogen-bond acceptors (Lipinski definition) is 3. The number of carbonyl (C=O) groups excluding carboxylic acids is 1. The molecule has 3 aromatic rings. The Kier molecular flexibility index (Phi) is 4.32. The molecule has 4 rings (SSSR count). The Morgan fingerprint density at radius 2 is 1.92 bits per heavy atom. The third kappa shape index (κ3) is 3.15. The number of carbonyl (C=O) groups is 1. The van der Waals surface area contributed by atoms with Gasteiger partial charge in [0.25, 0.3) is 0 Å². The van der Waals surface area contributed by atoms with E-state index in [0.717, 1.165) is 5.56 Å². The third-order valence-corrected chi connectivity index (χ3v) is 5.24. The van der Waals surface area contributed by atoms with E-state index < -0.39 is 11.2 Å². The maximum absolute atomic E-state index is 14.0. The van der Waals surface area contributed by atoms with Crippen molar-refractivity contribution >= 4 is 39.1 Å². The Hall–Kier alpha value is -2.18. The summed E-state index contributed by atoms with van der Waals surface area (Å²) in [6.45, 7) is 0. The van der Waals surface area contributed by atoms with Crippen LogP contribution >= 0.6 is 27.5 Å². The van der Waals surface area contributed by atoms with E-state index in [1.165, 1.54) is 12.1 Å². The molecule has 26 heavy (non-hydrogen) atoms. The molecular weight excluding hydrogens is 423 g/mol. The minimum atomic E-state index is -0.770. The fourth-order valence-electron chi connectivity index (χ4n) is 2.81. The zero-order valence-electron chi connectivity index (χ0n) is 13.4. The highest BCUT2D eigenvalue weighted by atomic mass is 79.9. The molecule has 1 N–H and O–H groups in total. The standard InChI is InChI=1S/C19H13BrClFN2O2/c20-12-3-6-15(14(22)9-12)23-18(25)19(7-8-19)17-10-16(26-24-17)11-1-4-13(21)5-2-11/h1-6,9-10H,7-8H2,(H,23,25). The highest BCUT2D eigenvalue weighted by Crippen LogP contribution is 2.49. The lowest BCUT2D eigenvalue weighted by atomic mass is 10.00. The van der Waals surface area contributed by atoms with Crippen molar-refractivity contribution < 1.29 is 13.7 Å². The maximum Gasteiger partial charge on any atom is 0.236 e. The fourth-order valence-corrected chi connectivity index (χ4v) is 3.27. The molecule has 1 fully saturated rings. The average molecular weight is 436 g/mol. The number of benzene rings is 2. The van der Waals surface area contributed by atoms with Gasteiger partial charge in [-0.1, -0.05) is 32.7 Å². The second-order valence-electron chi connectivity index (χ2n) is 6.24. The van der Waals surface area contributed by atoms with Crippen LogP contribution < -0.4 is 5.32 Å². The van der Waals surface area contributed by atoms with E-state index in [-0.39, 0.29) is 11.6 Å². The van der Waals surface area contributed by atoms with Gasteiger partial charge in [0.1, 0.15) is 5.82 Å². The highest BCUT2D eigenvalue weighted by Gasteiger charge is 2.54.